The average molecular weight is 461 g/mol. The quantitative estimate of drug-likeness (QED) is 0.536. The number of ether oxygens (including phenoxy) is 2. The van der Waals surface area contributed by atoms with Crippen LogP contribution in [0.5, 0.6) is 5.75 Å². The monoisotopic (exact) mass is 461 g/mol. The van der Waals surface area contributed by atoms with Crippen molar-refractivity contribution in [3.05, 3.63) is 83.8 Å². The number of benzene rings is 2. The highest BCUT2D eigenvalue weighted by molar-refractivity contribution is 6.03. The summed E-state index contributed by atoms with van der Waals surface area (Å²) < 4.78 is 16.0. The normalized spacial score (nSPS) is 14.9. The van der Waals surface area contributed by atoms with Crippen molar-refractivity contribution in [3.8, 4) is 5.75 Å². The molecule has 34 heavy (non-hydrogen) atoms. The Bertz CT molecular complexity index is 1220. The summed E-state index contributed by atoms with van der Waals surface area (Å²) in [5, 5.41) is 8.40. The zero-order chi connectivity index (χ0) is 24.1. The van der Waals surface area contributed by atoms with Crippen molar-refractivity contribution < 1.29 is 28.3 Å². The minimum atomic E-state index is -0.686. The van der Waals surface area contributed by atoms with Gasteiger partial charge in [-0.15, -0.1) is 0 Å². The predicted octanol–water partition coefficient (Wildman–Crippen LogP) is 3.78. The molecule has 2 aromatic carbocycles. The number of amides is 2. The van der Waals surface area contributed by atoms with Crippen molar-refractivity contribution in [2.24, 2.45) is 5.10 Å². The van der Waals surface area contributed by atoms with Crippen LogP contribution in [0.2, 0.25) is 0 Å². The Morgan fingerprint density at radius 1 is 1.12 bits per heavy atom. The summed E-state index contributed by atoms with van der Waals surface area (Å²) in [6.07, 6.45) is 1.98. The number of carbonyl (C=O) groups is 3. The lowest BCUT2D eigenvalue weighted by molar-refractivity contribution is -0.136. The Labute approximate surface area is 196 Å². The summed E-state index contributed by atoms with van der Waals surface area (Å²) in [6.45, 7) is 0.871. The van der Waals surface area contributed by atoms with Crippen LogP contribution in [0, 0.1) is 0 Å². The third-order valence-electron chi connectivity index (χ3n) is 5.21. The first-order chi connectivity index (χ1) is 16.4. The highest BCUT2D eigenvalue weighted by Gasteiger charge is 2.35. The molecule has 1 aromatic heterocycles. The summed E-state index contributed by atoms with van der Waals surface area (Å²) in [5.74, 6) is -0.142. The first-order valence-corrected chi connectivity index (χ1v) is 10.6. The number of nitrogens with one attached hydrogen (secondary N) is 1. The number of methoxy groups -OCH3 is 1. The molecule has 2 amide bonds. The number of anilines is 1. The van der Waals surface area contributed by atoms with Crippen LogP contribution in [0.1, 0.15) is 41.1 Å². The predicted molar refractivity (Wildman–Crippen MR) is 123 cm³/mol. The molecule has 4 rings (SSSR count). The van der Waals surface area contributed by atoms with E-state index in [2.05, 4.69) is 10.4 Å². The molecule has 2 heterocycles. The number of hydrazone groups is 1. The first-order valence-electron chi connectivity index (χ1n) is 10.6. The van der Waals surface area contributed by atoms with E-state index < -0.39 is 24.5 Å². The zero-order valence-corrected chi connectivity index (χ0v) is 18.7. The van der Waals surface area contributed by atoms with Crippen LogP contribution in [0.15, 0.2) is 76.4 Å². The summed E-state index contributed by atoms with van der Waals surface area (Å²) in [4.78, 5) is 36.7. The molecular formula is C25H23N3O6. The second-order valence-electron chi connectivity index (χ2n) is 7.59. The molecule has 1 atom stereocenters. The van der Waals surface area contributed by atoms with Crippen LogP contribution in [0.3, 0.4) is 0 Å². The molecule has 1 unspecified atom stereocenters. The molecule has 1 aliphatic heterocycles. The Morgan fingerprint density at radius 2 is 1.91 bits per heavy atom. The van der Waals surface area contributed by atoms with Gasteiger partial charge in [-0.25, -0.2) is 9.80 Å². The standard InChI is InChI=1S/C25H23N3O6/c1-16(29)26-19-6-3-5-18(13-19)25(31)34-15-24(30)28-22(23-7-4-12-33-23)14-21(27-28)17-8-10-20(32-2)11-9-17/h3-13,22H,14-15H2,1-2H3,(H,26,29). The molecule has 0 fully saturated rings. The Hall–Kier alpha value is -4.40. The first kappa shape index (κ1) is 22.8. The number of rotatable bonds is 7. The topological polar surface area (TPSA) is 110 Å². The third kappa shape index (κ3) is 5.15. The second-order valence-corrected chi connectivity index (χ2v) is 7.59. The molecule has 0 aliphatic carbocycles. The third-order valence-corrected chi connectivity index (χ3v) is 5.21. The smallest absolute Gasteiger partial charge is 0.338 e. The van der Waals surface area contributed by atoms with Crippen molar-refractivity contribution >= 4 is 29.2 Å². The molecule has 9 heteroatoms. The summed E-state index contributed by atoms with van der Waals surface area (Å²) in [5.41, 5.74) is 2.22. The van der Waals surface area contributed by atoms with Crippen LogP contribution in [-0.4, -0.2) is 42.2 Å². The van der Waals surface area contributed by atoms with Gasteiger partial charge in [0.05, 0.1) is 24.6 Å². The van der Waals surface area contributed by atoms with Crippen molar-refractivity contribution in [3.63, 3.8) is 0 Å². The molecule has 0 saturated carbocycles. The number of nitrogens with zero attached hydrogens (tertiary/aromatic N) is 2. The SMILES string of the molecule is COc1ccc(C2=NN(C(=O)COC(=O)c3cccc(NC(C)=O)c3)C(c3ccco3)C2)cc1. The van der Waals surface area contributed by atoms with E-state index in [9.17, 15) is 14.4 Å². The van der Waals surface area contributed by atoms with E-state index in [1.807, 2.05) is 24.3 Å². The van der Waals surface area contributed by atoms with Crippen LogP contribution < -0.4 is 10.1 Å². The van der Waals surface area contributed by atoms with Crippen molar-refractivity contribution in [2.75, 3.05) is 19.0 Å². The lowest BCUT2D eigenvalue weighted by Gasteiger charge is -2.19. The minimum absolute atomic E-state index is 0.213. The molecule has 1 N–H and O–H groups in total. The van der Waals surface area contributed by atoms with Gasteiger partial charge in [0.25, 0.3) is 5.91 Å². The highest BCUT2D eigenvalue weighted by atomic mass is 16.5. The molecule has 0 saturated heterocycles. The Kier molecular flexibility index (Phi) is 6.72. The molecule has 174 valence electrons. The molecule has 0 bridgehead atoms. The van der Waals surface area contributed by atoms with Crippen molar-refractivity contribution in [1.29, 1.82) is 0 Å². The van der Waals surface area contributed by atoms with Gasteiger partial charge in [0.1, 0.15) is 17.6 Å². The zero-order valence-electron chi connectivity index (χ0n) is 18.7. The number of furan rings is 1. The van der Waals surface area contributed by atoms with Gasteiger partial charge < -0.3 is 19.2 Å². The number of hydrogen-bond donors (Lipinski definition) is 1. The van der Waals surface area contributed by atoms with E-state index in [-0.39, 0.29) is 11.5 Å². The molecule has 0 spiro atoms. The highest BCUT2D eigenvalue weighted by Crippen LogP contribution is 2.33. The minimum Gasteiger partial charge on any atom is -0.497 e. The molecular weight excluding hydrogens is 438 g/mol. The summed E-state index contributed by atoms with van der Waals surface area (Å²) in [7, 11) is 1.59. The number of carbonyl (C=O) groups excluding carboxylic acids is 3. The fourth-order valence-electron chi connectivity index (χ4n) is 3.60. The number of hydrogen-bond acceptors (Lipinski definition) is 7. The molecule has 0 radical (unpaired) electrons. The maximum Gasteiger partial charge on any atom is 0.338 e. The Morgan fingerprint density at radius 3 is 2.59 bits per heavy atom. The summed E-state index contributed by atoms with van der Waals surface area (Å²) >= 11 is 0. The Balaban J connectivity index is 1.48. The summed E-state index contributed by atoms with van der Waals surface area (Å²) in [6, 6.07) is 16.7. The second kappa shape index (κ2) is 10.0. The van der Waals surface area contributed by atoms with Gasteiger partial charge in [-0.05, 0) is 60.2 Å². The van der Waals surface area contributed by atoms with Gasteiger partial charge in [-0.3, -0.25) is 9.59 Å². The molecule has 9 nitrogen and oxygen atoms in total. The van der Waals surface area contributed by atoms with Crippen molar-refractivity contribution in [2.45, 2.75) is 19.4 Å². The maximum absolute atomic E-state index is 13.0. The van der Waals surface area contributed by atoms with Crippen LogP contribution >= 0.6 is 0 Å². The lowest BCUT2D eigenvalue weighted by atomic mass is 10.0. The van der Waals surface area contributed by atoms with Gasteiger partial charge >= 0.3 is 5.97 Å². The van der Waals surface area contributed by atoms with E-state index in [4.69, 9.17) is 13.9 Å². The van der Waals surface area contributed by atoms with Crippen molar-refractivity contribution in [1.82, 2.24) is 5.01 Å². The van der Waals surface area contributed by atoms with Gasteiger partial charge in [-0.2, -0.15) is 5.10 Å². The fraction of sp³-hybridized carbons (Fsp3) is 0.200. The van der Waals surface area contributed by atoms with Gasteiger partial charge in [0, 0.05) is 19.0 Å². The van der Waals surface area contributed by atoms with E-state index in [1.54, 1.807) is 37.4 Å². The van der Waals surface area contributed by atoms with E-state index in [0.717, 1.165) is 5.56 Å². The average Bonchev–Trinajstić information content (AvgIpc) is 3.52. The van der Waals surface area contributed by atoms with Crippen LogP contribution in [0.4, 0.5) is 5.69 Å². The van der Waals surface area contributed by atoms with E-state index >= 15 is 0 Å². The van der Waals surface area contributed by atoms with Gasteiger partial charge in [-0.1, -0.05) is 6.07 Å². The number of esters is 1. The largest absolute Gasteiger partial charge is 0.497 e. The molecule has 3 aromatic rings. The molecule has 1 aliphatic rings. The van der Waals surface area contributed by atoms with E-state index in [0.29, 0.717) is 29.3 Å². The van der Waals surface area contributed by atoms with Crippen LogP contribution in [0.25, 0.3) is 0 Å². The lowest BCUT2D eigenvalue weighted by Crippen LogP contribution is -2.31. The van der Waals surface area contributed by atoms with Gasteiger partial charge in [0.15, 0.2) is 6.61 Å². The van der Waals surface area contributed by atoms with Crippen LogP contribution in [-0.2, 0) is 14.3 Å². The van der Waals surface area contributed by atoms with E-state index in [1.165, 1.54) is 24.3 Å². The fourth-order valence-corrected chi connectivity index (χ4v) is 3.60. The van der Waals surface area contributed by atoms with Gasteiger partial charge in [0.2, 0.25) is 5.91 Å². The maximum atomic E-state index is 13.0.